The highest BCUT2D eigenvalue weighted by atomic mass is 16.7. The Balaban J connectivity index is 1.07. The van der Waals surface area contributed by atoms with Crippen molar-refractivity contribution in [1.29, 1.82) is 0 Å². The van der Waals surface area contributed by atoms with Crippen LogP contribution in [0.4, 0.5) is 4.79 Å². The number of hydrogen-bond donors (Lipinski definition) is 1. The van der Waals surface area contributed by atoms with Crippen LogP contribution in [0, 0.1) is 0 Å². The van der Waals surface area contributed by atoms with Gasteiger partial charge in [-0.1, -0.05) is 12.2 Å². The topological polar surface area (TPSA) is 434 Å². The third-order valence-electron chi connectivity index (χ3n) is 17.2. The van der Waals surface area contributed by atoms with Gasteiger partial charge in [0, 0.05) is 19.4 Å². The maximum absolute atomic E-state index is 12.0. The number of rotatable bonds is 113. The molecule has 0 aromatic carbocycles. The molecule has 1 fully saturated rings. The van der Waals surface area contributed by atoms with Gasteiger partial charge >= 0.3 is 12.1 Å². The minimum absolute atomic E-state index is 0.0211. The maximum atomic E-state index is 12.0. The minimum Gasteiger partial charge on any atom is -0.446 e. The molecule has 1 aliphatic carbocycles. The lowest BCUT2D eigenvalue weighted by atomic mass is 10.0. The SMILES string of the molecule is O=C(CCOCCOCCOCCOCCOCCOCCOCCOCCOCCOCCOCCOCCOCCOCCOCCOCCOCCOCCOCCOCCOCCOCCOCCOCCOCCOCCOCCOCCOCCOCCOCCOCCOCCOCCOCCOCCNC(=O)OC1CC/C=C\CCC1)ON1C(=O)CCC1=O. The Morgan fingerprint density at radius 1 is 0.220 bits per heavy atom. The van der Waals surface area contributed by atoms with Crippen LogP contribution in [-0.2, 0) is 194 Å². The highest BCUT2D eigenvalue weighted by Gasteiger charge is 2.33. The number of allylic oxidation sites excluding steroid dienone is 2. The molecule has 780 valence electrons. The lowest BCUT2D eigenvalue weighted by molar-refractivity contribution is -0.198. The maximum Gasteiger partial charge on any atom is 0.407 e. The van der Waals surface area contributed by atoms with Crippen molar-refractivity contribution in [2.45, 2.75) is 57.5 Å². The molecule has 0 aromatic heterocycles. The third kappa shape index (κ3) is 99.2. The first-order valence-corrected chi connectivity index (χ1v) is 47.0. The number of amides is 3. The van der Waals surface area contributed by atoms with Crippen LogP contribution < -0.4 is 5.32 Å². The van der Waals surface area contributed by atoms with Gasteiger partial charge in [-0.2, -0.15) is 0 Å². The first kappa shape index (κ1) is 124. The van der Waals surface area contributed by atoms with Gasteiger partial charge in [0.25, 0.3) is 11.8 Å². The molecule has 132 heavy (non-hydrogen) atoms. The van der Waals surface area contributed by atoms with Gasteiger partial charge in [-0.25, -0.2) is 9.59 Å². The molecule has 44 nitrogen and oxygen atoms in total. The van der Waals surface area contributed by atoms with E-state index in [2.05, 4.69) is 17.5 Å². The van der Waals surface area contributed by atoms with E-state index in [0.717, 1.165) is 32.1 Å². The van der Waals surface area contributed by atoms with Crippen molar-refractivity contribution in [2.24, 2.45) is 0 Å². The summed E-state index contributed by atoms with van der Waals surface area (Å²) in [4.78, 5) is 51.4. The van der Waals surface area contributed by atoms with E-state index in [1.165, 1.54) is 0 Å². The third-order valence-corrected chi connectivity index (χ3v) is 17.2. The number of alkyl carbamates (subject to hydrolysis) is 1. The largest absolute Gasteiger partial charge is 0.446 e. The molecule has 3 amide bonds. The minimum atomic E-state index is -0.707. The van der Waals surface area contributed by atoms with Gasteiger partial charge in [-0.05, 0) is 32.1 Å². The van der Waals surface area contributed by atoms with Gasteiger partial charge in [-0.15, -0.1) is 5.06 Å². The summed E-state index contributed by atoms with van der Waals surface area (Å²) < 4.78 is 204. The molecule has 1 aliphatic heterocycles. The van der Waals surface area contributed by atoms with Crippen molar-refractivity contribution in [3.63, 3.8) is 0 Å². The van der Waals surface area contributed by atoms with Crippen LogP contribution in [0.25, 0.3) is 0 Å². The molecule has 0 bridgehead atoms. The molecule has 1 heterocycles. The van der Waals surface area contributed by atoms with Crippen molar-refractivity contribution in [3.05, 3.63) is 12.2 Å². The quantitative estimate of drug-likeness (QED) is 0.0518. The summed E-state index contributed by atoms with van der Waals surface area (Å²) in [7, 11) is 0. The molecule has 0 spiro atoms. The number of hydrogen-bond acceptors (Lipinski definition) is 42. The molecule has 1 saturated heterocycles. The second-order valence-corrected chi connectivity index (χ2v) is 27.8. The van der Waals surface area contributed by atoms with Crippen LogP contribution in [0.2, 0.25) is 0 Å². The number of imide groups is 1. The van der Waals surface area contributed by atoms with E-state index in [4.69, 9.17) is 180 Å². The smallest absolute Gasteiger partial charge is 0.407 e. The van der Waals surface area contributed by atoms with Crippen molar-refractivity contribution in [3.8, 4) is 0 Å². The molecular formula is C88H166N2O42. The predicted octanol–water partition coefficient (Wildman–Crippen LogP) is 2.20. The van der Waals surface area contributed by atoms with E-state index in [-0.39, 0.29) is 44.7 Å². The van der Waals surface area contributed by atoms with Gasteiger partial charge in [0.05, 0.1) is 482 Å². The zero-order valence-electron chi connectivity index (χ0n) is 79.1. The molecule has 0 aromatic rings. The number of nitrogens with one attached hydrogen (secondary N) is 1. The first-order chi connectivity index (χ1) is 65.6. The van der Waals surface area contributed by atoms with Gasteiger partial charge in [-0.3, -0.25) is 9.59 Å². The molecule has 0 saturated carbocycles. The van der Waals surface area contributed by atoms with Crippen LogP contribution in [0.3, 0.4) is 0 Å². The zero-order chi connectivity index (χ0) is 93.7. The Bertz CT molecular complexity index is 2310. The van der Waals surface area contributed by atoms with E-state index in [9.17, 15) is 19.2 Å². The molecule has 1 unspecified atom stereocenters. The van der Waals surface area contributed by atoms with Gasteiger partial charge in [0.1, 0.15) is 6.10 Å². The molecule has 2 aliphatic rings. The summed E-state index contributed by atoms with van der Waals surface area (Å²) >= 11 is 0. The van der Waals surface area contributed by atoms with Gasteiger partial charge < -0.3 is 185 Å². The standard InChI is InChI=1S/C88H166N2O42/c91-85-8-9-86(92)90(85)132-87(93)10-12-95-14-16-97-18-20-99-22-24-101-26-28-103-30-32-105-34-36-107-38-40-109-42-44-111-46-48-113-50-52-115-54-56-117-58-60-119-62-64-121-66-68-123-70-72-125-74-76-127-78-80-129-82-83-130-81-79-128-77-75-126-73-71-124-69-67-122-65-63-120-61-59-118-57-55-116-53-51-114-49-47-112-45-43-110-41-39-108-37-35-106-33-31-104-29-27-102-25-23-100-21-19-98-17-15-96-13-11-89-88(94)131-84-6-4-2-1-3-5-7-84/h1-2,84H,3-83H2,(H,89,94)/b2-1-. The lowest BCUT2D eigenvalue weighted by Gasteiger charge is -2.18. The highest BCUT2D eigenvalue weighted by Crippen LogP contribution is 2.16. The van der Waals surface area contributed by atoms with Crippen LogP contribution >= 0.6 is 0 Å². The van der Waals surface area contributed by atoms with E-state index in [1.54, 1.807) is 0 Å². The highest BCUT2D eigenvalue weighted by molar-refractivity contribution is 6.01. The monoisotopic (exact) mass is 1920 g/mol. The molecule has 1 atom stereocenters. The number of hydroxylamine groups is 2. The first-order valence-electron chi connectivity index (χ1n) is 47.0. The van der Waals surface area contributed by atoms with Gasteiger partial charge in [0.2, 0.25) is 0 Å². The zero-order valence-corrected chi connectivity index (χ0v) is 79.1. The Hall–Kier alpha value is -3.82. The Kier molecular flexibility index (Phi) is 103. The normalized spacial score (nSPS) is 13.9. The molecule has 1 N–H and O–H groups in total. The van der Waals surface area contributed by atoms with Crippen molar-refractivity contribution >= 4 is 23.9 Å². The second-order valence-electron chi connectivity index (χ2n) is 27.8. The molecular weight excluding hydrogens is 1760 g/mol. The number of carbonyl (C=O) groups is 4. The summed E-state index contributed by atoms with van der Waals surface area (Å²) in [5.74, 6) is -1.74. The van der Waals surface area contributed by atoms with Crippen molar-refractivity contribution in [1.82, 2.24) is 10.4 Å². The Labute approximate surface area is 782 Å². The summed E-state index contributed by atoms with van der Waals surface area (Å²) in [6.45, 7) is 33.0. The summed E-state index contributed by atoms with van der Waals surface area (Å²) in [5.41, 5.74) is 0. The summed E-state index contributed by atoms with van der Waals surface area (Å²) in [5, 5.41) is 3.26. The van der Waals surface area contributed by atoms with Gasteiger partial charge in [0.15, 0.2) is 0 Å². The number of nitrogens with zero attached hydrogens (tertiary/aromatic N) is 1. The number of ether oxygens (including phenoxy) is 37. The van der Waals surface area contributed by atoms with E-state index in [0.29, 0.717) is 474 Å². The predicted molar refractivity (Wildman–Crippen MR) is 472 cm³/mol. The van der Waals surface area contributed by atoms with Crippen molar-refractivity contribution < 1.29 is 199 Å². The average Bonchev–Trinajstić information content (AvgIpc) is 1.73. The van der Waals surface area contributed by atoms with Crippen LogP contribution in [-0.4, -0.2) is 517 Å². The fourth-order valence-electron chi connectivity index (χ4n) is 10.4. The summed E-state index contributed by atoms with van der Waals surface area (Å²) in [6, 6.07) is 0. The number of carbonyl (C=O) groups excluding carboxylic acids is 4. The fourth-order valence-corrected chi connectivity index (χ4v) is 10.4. The fraction of sp³-hybridized carbons (Fsp3) is 0.932. The molecule has 2 rings (SSSR count). The van der Waals surface area contributed by atoms with E-state index in [1.807, 2.05) is 0 Å². The van der Waals surface area contributed by atoms with E-state index >= 15 is 0 Å². The van der Waals surface area contributed by atoms with E-state index < -0.39 is 17.8 Å². The lowest BCUT2D eigenvalue weighted by Crippen LogP contribution is -2.32. The second kappa shape index (κ2) is 109. The molecule has 44 heteroatoms. The Morgan fingerprint density at radius 3 is 0.561 bits per heavy atom. The summed E-state index contributed by atoms with van der Waals surface area (Å²) in [6.07, 6.45) is 8.74. The van der Waals surface area contributed by atoms with Crippen LogP contribution in [0.1, 0.15) is 51.4 Å². The Morgan fingerprint density at radius 2 is 0.379 bits per heavy atom. The molecule has 0 radical (unpaired) electrons. The average molecular weight is 1920 g/mol. The van der Waals surface area contributed by atoms with Crippen LogP contribution in [0.5, 0.6) is 0 Å². The van der Waals surface area contributed by atoms with Crippen molar-refractivity contribution in [2.75, 3.05) is 482 Å². The van der Waals surface area contributed by atoms with Crippen LogP contribution in [0.15, 0.2) is 12.2 Å².